The first-order valence-corrected chi connectivity index (χ1v) is 8.28. The molecule has 0 saturated carbocycles. The molecule has 8 nitrogen and oxygen atoms in total. The molecule has 0 unspecified atom stereocenters. The number of nitrogens with one attached hydrogen (secondary N) is 3. The molecule has 0 fully saturated rings. The van der Waals surface area contributed by atoms with E-state index in [1.165, 1.54) is 0 Å². The van der Waals surface area contributed by atoms with Crippen LogP contribution >= 0.6 is 0 Å². The molecule has 8 heteroatoms. The number of carbonyl (C=O) groups is 1. The molecule has 1 rings (SSSR count). The zero-order valence-electron chi connectivity index (χ0n) is 15.3. The quantitative estimate of drug-likeness (QED) is 0.395. The standard InChI is InChI=1S/C16H30N6O2/c1-6-17-14(19-9-10-22-12-13(2)11-21-22)18-7-8-20-15(23)24-16(3,4)5/h11-12H,6-10H2,1-5H3,(H,20,23)(H2,17,18,19). The van der Waals surface area contributed by atoms with Crippen molar-refractivity contribution in [3.8, 4) is 0 Å². The van der Waals surface area contributed by atoms with E-state index in [0.717, 1.165) is 18.7 Å². The van der Waals surface area contributed by atoms with E-state index in [4.69, 9.17) is 4.74 Å². The normalized spacial score (nSPS) is 12.0. The van der Waals surface area contributed by atoms with Crippen LogP contribution in [0.1, 0.15) is 33.3 Å². The number of guanidine groups is 1. The van der Waals surface area contributed by atoms with Crippen LogP contribution in [0.25, 0.3) is 0 Å². The van der Waals surface area contributed by atoms with Gasteiger partial charge < -0.3 is 20.7 Å². The molecule has 0 spiro atoms. The lowest BCUT2D eigenvalue weighted by atomic mass is 10.2. The SMILES string of the molecule is CCNC(=NCCNC(=O)OC(C)(C)C)NCCn1cc(C)cn1. The molecule has 0 radical (unpaired) electrons. The summed E-state index contributed by atoms with van der Waals surface area (Å²) >= 11 is 0. The first-order valence-electron chi connectivity index (χ1n) is 8.28. The number of aliphatic imine (C=N–C) groups is 1. The van der Waals surface area contributed by atoms with Gasteiger partial charge >= 0.3 is 6.09 Å². The van der Waals surface area contributed by atoms with Gasteiger partial charge in [0, 0.05) is 25.8 Å². The molecule has 0 saturated heterocycles. The lowest BCUT2D eigenvalue weighted by Crippen LogP contribution is -2.39. The largest absolute Gasteiger partial charge is 0.444 e. The summed E-state index contributed by atoms with van der Waals surface area (Å²) < 4.78 is 7.05. The van der Waals surface area contributed by atoms with Crippen molar-refractivity contribution >= 4 is 12.1 Å². The molecule has 3 N–H and O–H groups in total. The molecule has 0 aliphatic rings. The van der Waals surface area contributed by atoms with Gasteiger partial charge in [0.05, 0.1) is 19.3 Å². The Balaban J connectivity index is 2.30. The van der Waals surface area contributed by atoms with Crippen molar-refractivity contribution in [3.05, 3.63) is 18.0 Å². The van der Waals surface area contributed by atoms with E-state index in [-0.39, 0.29) is 0 Å². The smallest absolute Gasteiger partial charge is 0.407 e. The Kier molecular flexibility index (Phi) is 8.08. The van der Waals surface area contributed by atoms with Crippen LogP contribution in [0, 0.1) is 6.92 Å². The molecule has 1 amide bonds. The van der Waals surface area contributed by atoms with E-state index in [1.807, 2.05) is 51.7 Å². The molecule has 1 aromatic rings. The van der Waals surface area contributed by atoms with Gasteiger partial charge in [-0.3, -0.25) is 9.67 Å². The summed E-state index contributed by atoms with van der Waals surface area (Å²) in [5, 5.41) is 13.3. The summed E-state index contributed by atoms with van der Waals surface area (Å²) in [6.07, 6.45) is 3.41. The summed E-state index contributed by atoms with van der Waals surface area (Å²) in [6, 6.07) is 0. The number of amides is 1. The fourth-order valence-electron chi connectivity index (χ4n) is 1.86. The van der Waals surface area contributed by atoms with E-state index in [9.17, 15) is 4.79 Å². The van der Waals surface area contributed by atoms with Crippen LogP contribution in [0.15, 0.2) is 17.4 Å². The number of hydrogen-bond acceptors (Lipinski definition) is 4. The van der Waals surface area contributed by atoms with E-state index < -0.39 is 11.7 Å². The molecule has 0 atom stereocenters. The highest BCUT2D eigenvalue weighted by atomic mass is 16.6. The third-order valence-corrected chi connectivity index (χ3v) is 2.79. The number of hydrogen-bond donors (Lipinski definition) is 3. The van der Waals surface area contributed by atoms with E-state index in [0.29, 0.717) is 25.6 Å². The van der Waals surface area contributed by atoms with Crippen LogP contribution in [0.5, 0.6) is 0 Å². The fraction of sp³-hybridized carbons (Fsp3) is 0.688. The third-order valence-electron chi connectivity index (χ3n) is 2.79. The molecular formula is C16H30N6O2. The second-order valence-corrected chi connectivity index (χ2v) is 6.40. The zero-order valence-corrected chi connectivity index (χ0v) is 15.3. The maximum Gasteiger partial charge on any atom is 0.407 e. The van der Waals surface area contributed by atoms with E-state index in [2.05, 4.69) is 26.0 Å². The number of aromatic nitrogens is 2. The van der Waals surface area contributed by atoms with Crippen molar-refractivity contribution in [3.63, 3.8) is 0 Å². The molecule has 0 aliphatic heterocycles. The lowest BCUT2D eigenvalue weighted by Gasteiger charge is -2.19. The average molecular weight is 338 g/mol. The topological polar surface area (TPSA) is 92.6 Å². The van der Waals surface area contributed by atoms with Gasteiger partial charge in [-0.25, -0.2) is 4.79 Å². The average Bonchev–Trinajstić information content (AvgIpc) is 2.87. The van der Waals surface area contributed by atoms with E-state index >= 15 is 0 Å². The summed E-state index contributed by atoms with van der Waals surface area (Å²) in [6.45, 7) is 12.6. The second-order valence-electron chi connectivity index (χ2n) is 6.40. The minimum Gasteiger partial charge on any atom is -0.444 e. The first-order chi connectivity index (χ1) is 11.3. The van der Waals surface area contributed by atoms with Crippen molar-refractivity contribution in [2.45, 2.75) is 46.8 Å². The minimum absolute atomic E-state index is 0.420. The maximum absolute atomic E-state index is 11.5. The highest BCUT2D eigenvalue weighted by Crippen LogP contribution is 2.05. The van der Waals surface area contributed by atoms with Crippen molar-refractivity contribution in [1.29, 1.82) is 0 Å². The highest BCUT2D eigenvalue weighted by Gasteiger charge is 2.15. The van der Waals surface area contributed by atoms with E-state index in [1.54, 1.807) is 0 Å². The predicted octanol–water partition coefficient (Wildman–Crippen LogP) is 1.27. The molecule has 1 heterocycles. The van der Waals surface area contributed by atoms with Gasteiger partial charge in [-0.05, 0) is 40.2 Å². The monoisotopic (exact) mass is 338 g/mol. The Morgan fingerprint density at radius 2 is 2.04 bits per heavy atom. The number of nitrogens with zero attached hydrogens (tertiary/aromatic N) is 3. The van der Waals surface area contributed by atoms with Crippen molar-refractivity contribution < 1.29 is 9.53 Å². The number of carbonyl (C=O) groups excluding carboxylic acids is 1. The Bertz CT molecular complexity index is 533. The molecule has 0 aliphatic carbocycles. The third kappa shape index (κ3) is 9.02. The molecule has 0 bridgehead atoms. The van der Waals surface area contributed by atoms with Gasteiger partial charge in [0.15, 0.2) is 5.96 Å². The Hall–Kier alpha value is -2.25. The van der Waals surface area contributed by atoms with Crippen LogP contribution < -0.4 is 16.0 Å². The summed E-state index contributed by atoms with van der Waals surface area (Å²) in [5.41, 5.74) is 0.651. The number of alkyl carbamates (subject to hydrolysis) is 1. The minimum atomic E-state index is -0.491. The zero-order chi connectivity index (χ0) is 18.0. The van der Waals surface area contributed by atoms with Gasteiger partial charge in [0.2, 0.25) is 0 Å². The Labute approximate surface area is 144 Å². The second kappa shape index (κ2) is 9.79. The van der Waals surface area contributed by atoms with Crippen LogP contribution in [-0.4, -0.2) is 53.6 Å². The van der Waals surface area contributed by atoms with Crippen LogP contribution in [0.2, 0.25) is 0 Å². The van der Waals surface area contributed by atoms with Gasteiger partial charge in [0.25, 0.3) is 0 Å². The Morgan fingerprint density at radius 3 is 2.62 bits per heavy atom. The van der Waals surface area contributed by atoms with Crippen LogP contribution in [0.3, 0.4) is 0 Å². The van der Waals surface area contributed by atoms with Gasteiger partial charge in [-0.2, -0.15) is 5.10 Å². The van der Waals surface area contributed by atoms with Crippen molar-refractivity contribution in [1.82, 2.24) is 25.7 Å². The molecule has 0 aromatic carbocycles. The first kappa shape index (κ1) is 19.8. The highest BCUT2D eigenvalue weighted by molar-refractivity contribution is 5.79. The molecular weight excluding hydrogens is 308 g/mol. The summed E-state index contributed by atoms with van der Waals surface area (Å²) in [5.74, 6) is 0.715. The molecule has 24 heavy (non-hydrogen) atoms. The lowest BCUT2D eigenvalue weighted by molar-refractivity contribution is 0.0529. The number of aryl methyl sites for hydroxylation is 1. The van der Waals surface area contributed by atoms with Gasteiger partial charge in [-0.15, -0.1) is 0 Å². The Morgan fingerprint density at radius 1 is 1.29 bits per heavy atom. The summed E-state index contributed by atoms with van der Waals surface area (Å²) in [4.78, 5) is 15.9. The van der Waals surface area contributed by atoms with Crippen molar-refractivity contribution in [2.75, 3.05) is 26.2 Å². The maximum atomic E-state index is 11.5. The number of rotatable bonds is 7. The van der Waals surface area contributed by atoms with Gasteiger partial charge in [0.1, 0.15) is 5.60 Å². The number of ether oxygens (including phenoxy) is 1. The molecule has 1 aromatic heterocycles. The molecule has 136 valence electrons. The van der Waals surface area contributed by atoms with Crippen molar-refractivity contribution in [2.24, 2.45) is 4.99 Å². The van der Waals surface area contributed by atoms with Crippen LogP contribution in [-0.2, 0) is 11.3 Å². The predicted molar refractivity (Wildman–Crippen MR) is 95.2 cm³/mol. The van der Waals surface area contributed by atoms with Gasteiger partial charge in [-0.1, -0.05) is 0 Å². The fourth-order valence-corrected chi connectivity index (χ4v) is 1.86. The van der Waals surface area contributed by atoms with Crippen LogP contribution in [0.4, 0.5) is 4.79 Å². The summed E-state index contributed by atoms with van der Waals surface area (Å²) in [7, 11) is 0.